The van der Waals surface area contributed by atoms with E-state index in [9.17, 15) is 27.9 Å². The van der Waals surface area contributed by atoms with Crippen molar-refractivity contribution in [3.63, 3.8) is 0 Å². The van der Waals surface area contributed by atoms with Gasteiger partial charge in [0, 0.05) is 11.1 Å². The topological polar surface area (TPSA) is 91.6 Å². The number of Topliss-reactive ketones (excluding diaryl/α,β-unsaturated/α-hetero) is 1. The Kier molecular flexibility index (Phi) is 5.90. The Bertz CT molecular complexity index is 1220. The second kappa shape index (κ2) is 8.40. The third-order valence-corrected chi connectivity index (χ3v) is 6.12. The van der Waals surface area contributed by atoms with Gasteiger partial charge in [0.1, 0.15) is 23.5 Å². The number of aliphatic hydroxyl groups is 1. The Balaban J connectivity index is 1.83. The molecule has 0 radical (unpaired) electrons. The number of nitrogens with one attached hydrogen (secondary N) is 2. The Morgan fingerprint density at radius 3 is 2.39 bits per heavy atom. The van der Waals surface area contributed by atoms with Gasteiger partial charge in [-0.05, 0) is 24.3 Å². The molecule has 3 atom stereocenters. The quantitative estimate of drug-likeness (QED) is 0.422. The van der Waals surface area contributed by atoms with Crippen molar-refractivity contribution in [2.24, 2.45) is 5.92 Å². The molecule has 11 heteroatoms. The van der Waals surface area contributed by atoms with Gasteiger partial charge < -0.3 is 20.2 Å². The minimum absolute atomic E-state index is 0.0854. The number of ketones is 1. The maximum atomic E-state index is 14.0. The number of hydrogen-bond acceptors (Lipinski definition) is 4. The van der Waals surface area contributed by atoms with Crippen LogP contribution in [0.3, 0.4) is 0 Å². The standard InChI is InChI=1S/C22H15Cl2F3N2O4/c23-13-8-4-7-12(17(13)24)14-9-10-15(33-14)18-16(19(30)11-5-2-1-3-6-11)21(32,22(25,26)27)29-20(31)28-18/h1-10,16,18,32H,(H2,28,29,31)/t16-,18+,21-/m0/s1. The van der Waals surface area contributed by atoms with E-state index in [1.165, 1.54) is 41.7 Å². The van der Waals surface area contributed by atoms with Crippen molar-refractivity contribution in [1.82, 2.24) is 10.6 Å². The number of halogens is 5. The molecule has 3 aromatic rings. The summed E-state index contributed by atoms with van der Waals surface area (Å²) in [4.78, 5) is 25.3. The van der Waals surface area contributed by atoms with Crippen LogP contribution >= 0.6 is 23.2 Å². The number of carbonyl (C=O) groups excluding carboxylic acids is 2. The molecule has 33 heavy (non-hydrogen) atoms. The van der Waals surface area contributed by atoms with Crippen molar-refractivity contribution >= 4 is 35.0 Å². The highest BCUT2D eigenvalue weighted by atomic mass is 35.5. The van der Waals surface area contributed by atoms with E-state index >= 15 is 0 Å². The van der Waals surface area contributed by atoms with Gasteiger partial charge in [0.15, 0.2) is 5.78 Å². The number of urea groups is 1. The highest BCUT2D eigenvalue weighted by Gasteiger charge is 2.66. The number of furan rings is 1. The van der Waals surface area contributed by atoms with Gasteiger partial charge in [0.25, 0.3) is 0 Å². The highest BCUT2D eigenvalue weighted by Crippen LogP contribution is 2.45. The van der Waals surface area contributed by atoms with Crippen molar-refractivity contribution in [1.29, 1.82) is 0 Å². The summed E-state index contributed by atoms with van der Waals surface area (Å²) in [6.45, 7) is 0. The molecule has 4 rings (SSSR count). The van der Waals surface area contributed by atoms with Gasteiger partial charge in [-0.2, -0.15) is 13.2 Å². The summed E-state index contributed by atoms with van der Waals surface area (Å²) in [6.07, 6.45) is -5.37. The lowest BCUT2D eigenvalue weighted by atomic mass is 9.79. The molecular formula is C22H15Cl2F3N2O4. The number of carbonyl (C=O) groups is 2. The predicted octanol–water partition coefficient (Wildman–Crippen LogP) is 5.36. The Morgan fingerprint density at radius 2 is 1.73 bits per heavy atom. The molecule has 172 valence electrons. The van der Waals surface area contributed by atoms with Gasteiger partial charge >= 0.3 is 12.2 Å². The van der Waals surface area contributed by atoms with E-state index in [2.05, 4.69) is 5.32 Å². The SMILES string of the molecule is O=C1N[C@H](c2ccc(-c3cccc(Cl)c3Cl)o2)[C@@H](C(=O)c2ccccc2)[C@](O)(C(F)(F)F)N1. The molecule has 0 unspecified atom stereocenters. The van der Waals surface area contributed by atoms with E-state index in [-0.39, 0.29) is 27.1 Å². The van der Waals surface area contributed by atoms with Gasteiger partial charge in [0.2, 0.25) is 5.72 Å². The van der Waals surface area contributed by atoms with Gasteiger partial charge in [-0.15, -0.1) is 0 Å². The van der Waals surface area contributed by atoms with E-state index in [1.807, 2.05) is 0 Å². The van der Waals surface area contributed by atoms with Gasteiger partial charge in [-0.3, -0.25) is 4.79 Å². The van der Waals surface area contributed by atoms with Gasteiger partial charge in [-0.1, -0.05) is 59.6 Å². The van der Waals surface area contributed by atoms with Crippen molar-refractivity contribution in [3.05, 3.63) is 82.0 Å². The van der Waals surface area contributed by atoms with E-state index < -0.39 is 35.7 Å². The van der Waals surface area contributed by atoms with Crippen molar-refractivity contribution in [2.45, 2.75) is 17.9 Å². The fourth-order valence-corrected chi connectivity index (χ4v) is 4.11. The second-order valence-electron chi connectivity index (χ2n) is 7.35. The average molecular weight is 499 g/mol. The summed E-state index contributed by atoms with van der Waals surface area (Å²) in [5, 5.41) is 14.7. The van der Waals surface area contributed by atoms with E-state index in [0.29, 0.717) is 5.56 Å². The number of alkyl halides is 3. The first-order chi connectivity index (χ1) is 15.5. The first-order valence-corrected chi connectivity index (χ1v) is 10.3. The number of hydrogen-bond donors (Lipinski definition) is 3. The molecule has 2 aromatic carbocycles. The molecule has 2 amide bonds. The molecule has 1 saturated heterocycles. The molecule has 2 heterocycles. The largest absolute Gasteiger partial charge is 0.459 e. The predicted molar refractivity (Wildman–Crippen MR) is 114 cm³/mol. The lowest BCUT2D eigenvalue weighted by Crippen LogP contribution is -2.72. The Labute approximate surface area is 195 Å². The normalized spacial score (nSPS) is 23.0. The minimum atomic E-state index is -5.37. The summed E-state index contributed by atoms with van der Waals surface area (Å²) in [5.41, 5.74) is -3.58. The van der Waals surface area contributed by atoms with Gasteiger partial charge in [-0.25, -0.2) is 4.79 Å². The van der Waals surface area contributed by atoms with Crippen LogP contribution in [0.1, 0.15) is 22.2 Å². The molecule has 1 fully saturated rings. The number of amides is 2. The highest BCUT2D eigenvalue weighted by molar-refractivity contribution is 6.43. The fraction of sp³-hybridized carbons (Fsp3) is 0.182. The molecule has 0 spiro atoms. The van der Waals surface area contributed by atoms with Crippen LogP contribution in [-0.2, 0) is 0 Å². The molecule has 0 bridgehead atoms. The fourth-order valence-electron chi connectivity index (χ4n) is 3.72. The zero-order valence-corrected chi connectivity index (χ0v) is 18.0. The molecule has 0 saturated carbocycles. The summed E-state index contributed by atoms with van der Waals surface area (Å²) >= 11 is 12.2. The van der Waals surface area contributed by atoms with Crippen molar-refractivity contribution in [2.75, 3.05) is 0 Å². The molecule has 1 aromatic heterocycles. The maximum absolute atomic E-state index is 14.0. The van der Waals surface area contributed by atoms with Gasteiger partial charge in [0.05, 0.1) is 10.0 Å². The lowest BCUT2D eigenvalue weighted by Gasteiger charge is -2.44. The van der Waals surface area contributed by atoms with Crippen LogP contribution in [0.4, 0.5) is 18.0 Å². The van der Waals surface area contributed by atoms with Crippen LogP contribution in [0, 0.1) is 5.92 Å². The average Bonchev–Trinajstić information content (AvgIpc) is 3.24. The van der Waals surface area contributed by atoms with Crippen LogP contribution < -0.4 is 10.6 Å². The summed E-state index contributed by atoms with van der Waals surface area (Å²) in [6, 6.07) is 11.6. The third-order valence-electron chi connectivity index (χ3n) is 5.30. The van der Waals surface area contributed by atoms with E-state index in [0.717, 1.165) is 0 Å². The number of rotatable bonds is 4. The lowest BCUT2D eigenvalue weighted by molar-refractivity contribution is -0.288. The second-order valence-corrected chi connectivity index (χ2v) is 8.14. The molecular weight excluding hydrogens is 484 g/mol. The Morgan fingerprint density at radius 1 is 1.03 bits per heavy atom. The zero-order chi connectivity index (χ0) is 24.0. The van der Waals surface area contributed by atoms with E-state index in [4.69, 9.17) is 27.6 Å². The monoisotopic (exact) mass is 498 g/mol. The first-order valence-electron chi connectivity index (χ1n) is 9.54. The number of benzene rings is 2. The molecule has 1 aliphatic heterocycles. The van der Waals surface area contributed by atoms with Crippen LogP contribution in [-0.4, -0.2) is 28.8 Å². The van der Waals surface area contributed by atoms with Crippen LogP contribution in [0.2, 0.25) is 10.0 Å². The summed E-state index contributed by atoms with van der Waals surface area (Å²) < 4.78 is 47.6. The zero-order valence-electron chi connectivity index (χ0n) is 16.5. The molecule has 3 N–H and O–H groups in total. The van der Waals surface area contributed by atoms with Crippen LogP contribution in [0.5, 0.6) is 0 Å². The molecule has 6 nitrogen and oxygen atoms in total. The maximum Gasteiger partial charge on any atom is 0.437 e. The smallest absolute Gasteiger partial charge is 0.437 e. The summed E-state index contributed by atoms with van der Waals surface area (Å²) in [5.74, 6) is -3.29. The van der Waals surface area contributed by atoms with Crippen LogP contribution in [0.15, 0.2) is 65.1 Å². The van der Waals surface area contributed by atoms with Crippen molar-refractivity contribution in [3.8, 4) is 11.3 Å². The minimum Gasteiger partial charge on any atom is -0.459 e. The first kappa shape index (κ1) is 23.2. The Hall–Kier alpha value is -3.01. The molecule has 1 aliphatic rings. The van der Waals surface area contributed by atoms with Crippen molar-refractivity contribution < 1.29 is 32.3 Å². The third kappa shape index (κ3) is 4.07. The van der Waals surface area contributed by atoms with E-state index in [1.54, 1.807) is 24.3 Å². The van der Waals surface area contributed by atoms with Crippen LogP contribution in [0.25, 0.3) is 11.3 Å². The molecule has 0 aliphatic carbocycles. The summed E-state index contributed by atoms with van der Waals surface area (Å²) in [7, 11) is 0.